The molecule has 0 heterocycles. The van der Waals surface area contributed by atoms with E-state index in [4.69, 9.17) is 0 Å². The summed E-state index contributed by atoms with van der Waals surface area (Å²) in [6, 6.07) is 7.48. The quantitative estimate of drug-likeness (QED) is 0.905. The maximum Gasteiger partial charge on any atom is 0.126 e. The van der Waals surface area contributed by atoms with Gasteiger partial charge < -0.3 is 5.11 Å². The third-order valence-electron chi connectivity index (χ3n) is 3.26. The second-order valence-electron chi connectivity index (χ2n) is 5.19. The van der Waals surface area contributed by atoms with Crippen molar-refractivity contribution in [3.05, 3.63) is 70.5 Å². The van der Waals surface area contributed by atoms with Gasteiger partial charge in [-0.3, -0.25) is 0 Å². The minimum atomic E-state index is -1.41. The first-order chi connectivity index (χ1) is 9.28. The van der Waals surface area contributed by atoms with Gasteiger partial charge in [-0.15, -0.1) is 0 Å². The molecule has 4 heteroatoms. The SMILES string of the molecule is Cc1ccc(C(C)(O)Cc2cc(F)cc(F)c2)cc1F. The van der Waals surface area contributed by atoms with Crippen LogP contribution in [0.25, 0.3) is 0 Å². The highest BCUT2D eigenvalue weighted by Gasteiger charge is 2.25. The number of hydrogen-bond donors (Lipinski definition) is 1. The first kappa shape index (κ1) is 14.6. The summed E-state index contributed by atoms with van der Waals surface area (Å²) in [6.07, 6.45) is -0.00974. The lowest BCUT2D eigenvalue weighted by Gasteiger charge is -2.24. The molecule has 0 aliphatic heterocycles. The monoisotopic (exact) mass is 280 g/mol. The van der Waals surface area contributed by atoms with Gasteiger partial charge in [0.15, 0.2) is 0 Å². The van der Waals surface area contributed by atoms with Gasteiger partial charge >= 0.3 is 0 Å². The van der Waals surface area contributed by atoms with E-state index in [1.165, 1.54) is 13.0 Å². The Balaban J connectivity index is 2.32. The fraction of sp³-hybridized carbons (Fsp3) is 0.250. The predicted molar refractivity (Wildman–Crippen MR) is 70.8 cm³/mol. The summed E-state index contributed by atoms with van der Waals surface area (Å²) < 4.78 is 39.8. The Morgan fingerprint density at radius 1 is 1.00 bits per heavy atom. The van der Waals surface area contributed by atoms with Crippen LogP contribution in [-0.2, 0) is 12.0 Å². The van der Waals surface area contributed by atoms with E-state index in [2.05, 4.69) is 0 Å². The smallest absolute Gasteiger partial charge is 0.126 e. The van der Waals surface area contributed by atoms with E-state index >= 15 is 0 Å². The van der Waals surface area contributed by atoms with Crippen molar-refractivity contribution in [3.8, 4) is 0 Å². The summed E-state index contributed by atoms with van der Waals surface area (Å²) in [7, 11) is 0. The van der Waals surface area contributed by atoms with E-state index in [1.54, 1.807) is 19.1 Å². The van der Waals surface area contributed by atoms with Crippen LogP contribution in [0.5, 0.6) is 0 Å². The maximum absolute atomic E-state index is 13.5. The lowest BCUT2D eigenvalue weighted by molar-refractivity contribution is 0.0571. The second-order valence-corrected chi connectivity index (χ2v) is 5.19. The fourth-order valence-electron chi connectivity index (χ4n) is 2.14. The van der Waals surface area contributed by atoms with Crippen LogP contribution in [0.15, 0.2) is 36.4 Å². The lowest BCUT2D eigenvalue weighted by Crippen LogP contribution is -2.24. The van der Waals surface area contributed by atoms with E-state index in [9.17, 15) is 18.3 Å². The Morgan fingerprint density at radius 3 is 2.15 bits per heavy atom. The molecule has 0 fully saturated rings. The van der Waals surface area contributed by atoms with Crippen LogP contribution in [0.2, 0.25) is 0 Å². The van der Waals surface area contributed by atoms with Crippen molar-refractivity contribution >= 4 is 0 Å². The van der Waals surface area contributed by atoms with Crippen molar-refractivity contribution < 1.29 is 18.3 Å². The molecular formula is C16H15F3O. The third-order valence-corrected chi connectivity index (χ3v) is 3.26. The van der Waals surface area contributed by atoms with Gasteiger partial charge in [-0.1, -0.05) is 12.1 Å². The van der Waals surface area contributed by atoms with Gasteiger partial charge in [0.25, 0.3) is 0 Å². The summed E-state index contributed by atoms with van der Waals surface area (Å²) in [5, 5.41) is 10.4. The summed E-state index contributed by atoms with van der Waals surface area (Å²) in [5.41, 5.74) is -0.255. The Bertz CT molecular complexity index is 615. The average Bonchev–Trinajstić information content (AvgIpc) is 2.30. The topological polar surface area (TPSA) is 20.2 Å². The molecule has 1 atom stereocenters. The number of rotatable bonds is 3. The van der Waals surface area contributed by atoms with Crippen LogP contribution >= 0.6 is 0 Å². The van der Waals surface area contributed by atoms with Crippen molar-refractivity contribution in [3.63, 3.8) is 0 Å². The number of aliphatic hydroxyl groups is 1. The normalized spacial score (nSPS) is 14.1. The molecule has 106 valence electrons. The molecule has 0 aliphatic carbocycles. The van der Waals surface area contributed by atoms with Gasteiger partial charge in [-0.25, -0.2) is 13.2 Å². The van der Waals surface area contributed by atoms with E-state index in [-0.39, 0.29) is 6.42 Å². The minimum Gasteiger partial charge on any atom is -0.385 e. The van der Waals surface area contributed by atoms with E-state index in [0.29, 0.717) is 16.7 Å². The zero-order valence-corrected chi connectivity index (χ0v) is 11.3. The maximum atomic E-state index is 13.5. The first-order valence-electron chi connectivity index (χ1n) is 6.22. The standard InChI is InChI=1S/C16H15F3O/c1-10-3-4-12(7-15(10)19)16(2,20)9-11-5-13(17)8-14(18)6-11/h3-8,20H,9H2,1-2H3. The number of halogens is 3. The molecule has 2 aromatic carbocycles. The molecule has 0 bridgehead atoms. The Labute approximate surface area is 115 Å². The largest absolute Gasteiger partial charge is 0.385 e. The van der Waals surface area contributed by atoms with Gasteiger partial charge in [-0.05, 0) is 48.7 Å². The summed E-state index contributed by atoms with van der Waals surface area (Å²) >= 11 is 0. The summed E-state index contributed by atoms with van der Waals surface area (Å²) in [6.45, 7) is 3.11. The van der Waals surface area contributed by atoms with Crippen molar-refractivity contribution in [1.82, 2.24) is 0 Å². The van der Waals surface area contributed by atoms with Crippen molar-refractivity contribution in [2.24, 2.45) is 0 Å². The molecule has 0 amide bonds. The molecule has 1 nitrogen and oxygen atoms in total. The van der Waals surface area contributed by atoms with Gasteiger partial charge in [0.2, 0.25) is 0 Å². The fourth-order valence-corrected chi connectivity index (χ4v) is 2.14. The number of aryl methyl sites for hydroxylation is 1. The van der Waals surface area contributed by atoms with Crippen LogP contribution in [0.1, 0.15) is 23.6 Å². The Kier molecular flexibility index (Phi) is 3.86. The average molecular weight is 280 g/mol. The minimum absolute atomic E-state index is 0.00974. The van der Waals surface area contributed by atoms with E-state index in [0.717, 1.165) is 18.2 Å². The predicted octanol–water partition coefficient (Wildman–Crippen LogP) is 3.86. The molecule has 2 rings (SSSR count). The van der Waals surface area contributed by atoms with E-state index < -0.39 is 23.1 Å². The lowest BCUT2D eigenvalue weighted by atomic mass is 9.88. The molecule has 0 aliphatic rings. The molecule has 0 spiro atoms. The number of benzene rings is 2. The Hall–Kier alpha value is -1.81. The molecule has 1 unspecified atom stereocenters. The van der Waals surface area contributed by atoms with Gasteiger partial charge in [0, 0.05) is 12.5 Å². The summed E-state index contributed by atoms with van der Waals surface area (Å²) in [5.74, 6) is -1.83. The molecule has 20 heavy (non-hydrogen) atoms. The molecule has 0 radical (unpaired) electrons. The first-order valence-corrected chi connectivity index (χ1v) is 6.22. The van der Waals surface area contributed by atoms with Crippen molar-refractivity contribution in [2.45, 2.75) is 25.9 Å². The van der Waals surface area contributed by atoms with Crippen LogP contribution in [-0.4, -0.2) is 5.11 Å². The molecule has 0 saturated heterocycles. The van der Waals surface area contributed by atoms with Crippen molar-refractivity contribution in [1.29, 1.82) is 0 Å². The van der Waals surface area contributed by atoms with Crippen LogP contribution in [0, 0.1) is 24.4 Å². The Morgan fingerprint density at radius 2 is 1.60 bits per heavy atom. The zero-order valence-electron chi connectivity index (χ0n) is 11.3. The van der Waals surface area contributed by atoms with E-state index in [1.807, 2.05) is 0 Å². The molecular weight excluding hydrogens is 265 g/mol. The highest BCUT2D eigenvalue weighted by Crippen LogP contribution is 2.27. The zero-order chi connectivity index (χ0) is 14.9. The molecule has 0 saturated carbocycles. The highest BCUT2D eigenvalue weighted by atomic mass is 19.1. The van der Waals surface area contributed by atoms with Crippen LogP contribution in [0.3, 0.4) is 0 Å². The summed E-state index contributed by atoms with van der Waals surface area (Å²) in [4.78, 5) is 0. The third kappa shape index (κ3) is 3.20. The van der Waals surface area contributed by atoms with Crippen molar-refractivity contribution in [2.75, 3.05) is 0 Å². The highest BCUT2D eigenvalue weighted by molar-refractivity contribution is 5.30. The second kappa shape index (κ2) is 5.29. The molecule has 1 N–H and O–H groups in total. The number of hydrogen-bond acceptors (Lipinski definition) is 1. The van der Waals surface area contributed by atoms with Gasteiger partial charge in [0.1, 0.15) is 17.5 Å². The van der Waals surface area contributed by atoms with Gasteiger partial charge in [0.05, 0.1) is 5.60 Å². The molecule has 0 aromatic heterocycles. The van der Waals surface area contributed by atoms with Crippen LogP contribution < -0.4 is 0 Å². The molecule has 2 aromatic rings. The van der Waals surface area contributed by atoms with Crippen LogP contribution in [0.4, 0.5) is 13.2 Å². The van der Waals surface area contributed by atoms with Gasteiger partial charge in [-0.2, -0.15) is 0 Å².